The molecule has 1 atom stereocenters. The highest BCUT2D eigenvalue weighted by atomic mass is 16.2. The van der Waals surface area contributed by atoms with E-state index in [9.17, 15) is 9.59 Å². The summed E-state index contributed by atoms with van der Waals surface area (Å²) < 4.78 is 0. The van der Waals surface area contributed by atoms with E-state index in [1.807, 2.05) is 12.1 Å². The van der Waals surface area contributed by atoms with Crippen molar-refractivity contribution in [1.82, 2.24) is 9.80 Å². The van der Waals surface area contributed by atoms with E-state index < -0.39 is 6.04 Å². The van der Waals surface area contributed by atoms with Crippen LogP contribution >= 0.6 is 0 Å². The summed E-state index contributed by atoms with van der Waals surface area (Å²) in [4.78, 5) is 29.0. The summed E-state index contributed by atoms with van der Waals surface area (Å²) in [6, 6.07) is 7.20. The molecule has 0 saturated carbocycles. The molecular weight excluding hydrogens is 254 g/mol. The molecule has 0 radical (unpaired) electrons. The second kappa shape index (κ2) is 4.90. The van der Waals surface area contributed by atoms with Crippen molar-refractivity contribution in [2.45, 2.75) is 25.9 Å². The molecule has 0 spiro atoms. The highest BCUT2D eigenvalue weighted by molar-refractivity contribution is 6.10. The number of fused-ring (bicyclic) bond motifs is 2. The van der Waals surface area contributed by atoms with Gasteiger partial charge in [0.25, 0.3) is 5.91 Å². The predicted octanol–water partition coefficient (Wildman–Crippen LogP) is 1.17. The lowest BCUT2D eigenvalue weighted by Crippen LogP contribution is -2.59. The second-order valence-electron chi connectivity index (χ2n) is 5.64. The Balaban J connectivity index is 1.95. The van der Waals surface area contributed by atoms with E-state index >= 15 is 0 Å². The van der Waals surface area contributed by atoms with Crippen molar-refractivity contribution in [1.29, 1.82) is 0 Å². The van der Waals surface area contributed by atoms with Gasteiger partial charge in [0.2, 0.25) is 5.91 Å². The van der Waals surface area contributed by atoms with Gasteiger partial charge in [0.1, 0.15) is 6.04 Å². The zero-order valence-corrected chi connectivity index (χ0v) is 11.8. The maximum absolute atomic E-state index is 12.6. The maximum atomic E-state index is 12.6. The molecule has 5 nitrogen and oxygen atoms in total. The van der Waals surface area contributed by atoms with E-state index in [1.54, 1.807) is 17.0 Å². The second-order valence-corrected chi connectivity index (χ2v) is 5.64. The van der Waals surface area contributed by atoms with Gasteiger partial charge < -0.3 is 10.2 Å². The van der Waals surface area contributed by atoms with Crippen LogP contribution in [-0.2, 0) is 4.79 Å². The quantitative estimate of drug-likeness (QED) is 0.836. The Morgan fingerprint density at radius 1 is 1.20 bits per heavy atom. The average Bonchev–Trinajstić information content (AvgIpc) is 2.55. The number of nitrogens with zero attached hydrogens (tertiary/aromatic N) is 2. The van der Waals surface area contributed by atoms with Crippen LogP contribution in [-0.4, -0.2) is 53.3 Å². The zero-order chi connectivity index (χ0) is 14.3. The molecule has 106 valence electrons. The Morgan fingerprint density at radius 2 is 1.95 bits per heavy atom. The summed E-state index contributed by atoms with van der Waals surface area (Å²) in [6.07, 6.45) is 0. The topological polar surface area (TPSA) is 52.6 Å². The first kappa shape index (κ1) is 13.1. The first-order valence-electron chi connectivity index (χ1n) is 7.03. The molecule has 0 bridgehead atoms. The SMILES string of the molecule is CC(C)N1CCN2C(=O)c3ccccc3NC(=O)C2C1. The maximum Gasteiger partial charge on any atom is 0.256 e. The summed E-state index contributed by atoms with van der Waals surface area (Å²) in [6.45, 7) is 6.24. The lowest BCUT2D eigenvalue weighted by atomic mass is 10.1. The molecule has 3 rings (SSSR count). The highest BCUT2D eigenvalue weighted by Crippen LogP contribution is 2.25. The van der Waals surface area contributed by atoms with E-state index in [2.05, 4.69) is 24.1 Å². The molecule has 0 aliphatic carbocycles. The van der Waals surface area contributed by atoms with Crippen LogP contribution in [0.5, 0.6) is 0 Å². The van der Waals surface area contributed by atoms with Crippen LogP contribution in [0.2, 0.25) is 0 Å². The van der Waals surface area contributed by atoms with Gasteiger partial charge in [0.05, 0.1) is 11.3 Å². The molecule has 2 heterocycles. The number of anilines is 1. The molecule has 1 aromatic carbocycles. The minimum atomic E-state index is -0.397. The van der Waals surface area contributed by atoms with Crippen LogP contribution < -0.4 is 5.32 Å². The molecule has 2 aliphatic heterocycles. The molecule has 1 fully saturated rings. The van der Waals surface area contributed by atoms with Crippen LogP contribution in [0.15, 0.2) is 24.3 Å². The van der Waals surface area contributed by atoms with Crippen molar-refractivity contribution in [3.63, 3.8) is 0 Å². The minimum absolute atomic E-state index is 0.0487. The van der Waals surface area contributed by atoms with E-state index in [1.165, 1.54) is 0 Å². The molecule has 5 heteroatoms. The number of nitrogens with one attached hydrogen (secondary N) is 1. The van der Waals surface area contributed by atoms with Crippen molar-refractivity contribution in [3.05, 3.63) is 29.8 Å². The van der Waals surface area contributed by atoms with Gasteiger partial charge in [-0.25, -0.2) is 0 Å². The molecule has 1 aromatic rings. The van der Waals surface area contributed by atoms with Gasteiger partial charge in [-0.15, -0.1) is 0 Å². The van der Waals surface area contributed by atoms with Gasteiger partial charge in [-0.1, -0.05) is 12.1 Å². The summed E-state index contributed by atoms with van der Waals surface area (Å²) in [5.41, 5.74) is 1.20. The molecule has 1 unspecified atom stereocenters. The number of hydrogen-bond donors (Lipinski definition) is 1. The Hall–Kier alpha value is -1.88. The van der Waals surface area contributed by atoms with E-state index in [4.69, 9.17) is 0 Å². The smallest absolute Gasteiger partial charge is 0.256 e. The van der Waals surface area contributed by atoms with Crippen LogP contribution in [0, 0.1) is 0 Å². The lowest BCUT2D eigenvalue weighted by Gasteiger charge is -2.41. The number of hydrogen-bond acceptors (Lipinski definition) is 3. The number of carbonyl (C=O) groups excluding carboxylic acids is 2. The van der Waals surface area contributed by atoms with Crippen molar-refractivity contribution < 1.29 is 9.59 Å². The van der Waals surface area contributed by atoms with Gasteiger partial charge in [-0.2, -0.15) is 0 Å². The van der Waals surface area contributed by atoms with Gasteiger partial charge in [-0.3, -0.25) is 14.5 Å². The monoisotopic (exact) mass is 273 g/mol. The fourth-order valence-corrected chi connectivity index (χ4v) is 2.89. The molecule has 1 saturated heterocycles. The number of para-hydroxylation sites is 1. The van der Waals surface area contributed by atoms with Crippen molar-refractivity contribution in [2.24, 2.45) is 0 Å². The first-order chi connectivity index (χ1) is 9.58. The van der Waals surface area contributed by atoms with E-state index in [-0.39, 0.29) is 11.8 Å². The Kier molecular flexibility index (Phi) is 3.22. The summed E-state index contributed by atoms with van der Waals surface area (Å²) in [5.74, 6) is -0.138. The first-order valence-corrected chi connectivity index (χ1v) is 7.03. The van der Waals surface area contributed by atoms with Crippen LogP contribution in [0.4, 0.5) is 5.69 Å². The lowest BCUT2D eigenvalue weighted by molar-refractivity contribution is -0.122. The van der Waals surface area contributed by atoms with Gasteiger partial charge in [0.15, 0.2) is 0 Å². The van der Waals surface area contributed by atoms with Crippen LogP contribution in [0.3, 0.4) is 0 Å². The molecule has 2 amide bonds. The molecular formula is C15H19N3O2. The largest absolute Gasteiger partial charge is 0.324 e. The number of amides is 2. The van der Waals surface area contributed by atoms with Gasteiger partial charge >= 0.3 is 0 Å². The predicted molar refractivity (Wildman–Crippen MR) is 76.6 cm³/mol. The van der Waals surface area contributed by atoms with Crippen molar-refractivity contribution >= 4 is 17.5 Å². The number of benzene rings is 1. The third-order valence-corrected chi connectivity index (χ3v) is 4.12. The normalized spacial score (nSPS) is 23.1. The number of rotatable bonds is 1. The molecule has 2 aliphatic rings. The molecule has 0 aromatic heterocycles. The third kappa shape index (κ3) is 2.08. The van der Waals surface area contributed by atoms with Crippen molar-refractivity contribution in [2.75, 3.05) is 25.0 Å². The van der Waals surface area contributed by atoms with Crippen LogP contribution in [0.25, 0.3) is 0 Å². The van der Waals surface area contributed by atoms with Gasteiger partial charge in [-0.05, 0) is 26.0 Å². The number of piperazine rings is 1. The highest BCUT2D eigenvalue weighted by Gasteiger charge is 2.39. The Morgan fingerprint density at radius 3 is 2.70 bits per heavy atom. The average molecular weight is 273 g/mol. The number of carbonyl (C=O) groups is 2. The van der Waals surface area contributed by atoms with Crippen molar-refractivity contribution in [3.8, 4) is 0 Å². The van der Waals surface area contributed by atoms with Crippen LogP contribution in [0.1, 0.15) is 24.2 Å². The fourth-order valence-electron chi connectivity index (χ4n) is 2.89. The Bertz CT molecular complexity index is 556. The minimum Gasteiger partial charge on any atom is -0.324 e. The molecule has 1 N–H and O–H groups in total. The summed E-state index contributed by atoms with van der Waals surface area (Å²) in [5, 5.41) is 2.88. The Labute approximate surface area is 118 Å². The zero-order valence-electron chi connectivity index (χ0n) is 11.8. The standard InChI is InChI=1S/C15H19N3O2/c1-10(2)17-7-8-18-13(9-17)14(19)16-12-6-4-3-5-11(12)15(18)20/h3-6,10,13H,7-9H2,1-2H3,(H,16,19). The van der Waals surface area contributed by atoms with Gasteiger partial charge in [0, 0.05) is 25.7 Å². The molecule has 20 heavy (non-hydrogen) atoms. The third-order valence-electron chi connectivity index (χ3n) is 4.12. The summed E-state index contributed by atoms with van der Waals surface area (Å²) in [7, 11) is 0. The summed E-state index contributed by atoms with van der Waals surface area (Å²) >= 11 is 0. The fraction of sp³-hybridized carbons (Fsp3) is 0.467. The van der Waals surface area contributed by atoms with E-state index in [0.29, 0.717) is 30.4 Å². The van der Waals surface area contributed by atoms with E-state index in [0.717, 1.165) is 6.54 Å².